The minimum atomic E-state index is -3.51. The maximum Gasteiger partial charge on any atom is 0.241 e. The van der Waals surface area contributed by atoms with Crippen molar-refractivity contribution >= 4 is 15.6 Å². The van der Waals surface area contributed by atoms with E-state index in [0.29, 0.717) is 17.9 Å². The molecule has 24 heavy (non-hydrogen) atoms. The Morgan fingerprint density at radius 3 is 2.25 bits per heavy atom. The van der Waals surface area contributed by atoms with Crippen LogP contribution in [-0.4, -0.2) is 15.0 Å². The molecule has 2 aromatic carbocycles. The number of hydrogen-bond acceptors (Lipinski definition) is 2. The van der Waals surface area contributed by atoms with Crippen LogP contribution in [0.4, 0.5) is 0 Å². The number of hydrogen-bond donors (Lipinski definition) is 1. The van der Waals surface area contributed by atoms with Crippen LogP contribution in [0.1, 0.15) is 34.7 Å². The van der Waals surface area contributed by atoms with Gasteiger partial charge >= 0.3 is 0 Å². The summed E-state index contributed by atoms with van der Waals surface area (Å²) in [7, 11) is -3.51. The molecule has 0 amide bonds. The first-order valence-corrected chi connectivity index (χ1v) is 9.52. The van der Waals surface area contributed by atoms with Gasteiger partial charge in [0.05, 0.1) is 4.90 Å². The summed E-state index contributed by atoms with van der Waals surface area (Å²) in [5.41, 5.74) is 5.80. The Morgan fingerprint density at radius 1 is 1.08 bits per heavy atom. The fraction of sp³-hybridized carbons (Fsp3) is 0.300. The molecule has 0 aliphatic rings. The Balaban J connectivity index is 2.17. The Morgan fingerprint density at radius 2 is 1.67 bits per heavy atom. The monoisotopic (exact) mass is 343 g/mol. The standard InChI is InChI=1S/C20H25NO2S/c1-14(2)19-9-7-6-8-18(19)10-11-21-24(22,23)20-16(4)12-15(3)13-17(20)5/h6-9,12-13,21H,1,10-11H2,2-5H3. The highest BCUT2D eigenvalue weighted by Gasteiger charge is 2.19. The van der Waals surface area contributed by atoms with Crippen LogP contribution < -0.4 is 4.72 Å². The molecule has 0 saturated carbocycles. The summed E-state index contributed by atoms with van der Waals surface area (Å²) in [6.07, 6.45) is 0.631. The second kappa shape index (κ2) is 7.32. The SMILES string of the molecule is C=C(C)c1ccccc1CCNS(=O)(=O)c1c(C)cc(C)cc1C. The molecule has 2 aromatic rings. The Labute approximate surface area is 145 Å². The van der Waals surface area contributed by atoms with E-state index < -0.39 is 10.0 Å². The van der Waals surface area contributed by atoms with Crippen molar-refractivity contribution in [3.8, 4) is 0 Å². The number of aryl methyl sites for hydroxylation is 3. The third-order valence-electron chi connectivity index (χ3n) is 4.04. The smallest absolute Gasteiger partial charge is 0.211 e. The van der Waals surface area contributed by atoms with E-state index in [2.05, 4.69) is 11.3 Å². The predicted molar refractivity (Wildman–Crippen MR) is 101 cm³/mol. The van der Waals surface area contributed by atoms with Gasteiger partial charge in [-0.1, -0.05) is 54.1 Å². The maximum atomic E-state index is 12.7. The van der Waals surface area contributed by atoms with Gasteiger partial charge in [0, 0.05) is 6.54 Å². The van der Waals surface area contributed by atoms with E-state index in [1.165, 1.54) is 0 Å². The molecular weight excluding hydrogens is 318 g/mol. The van der Waals surface area contributed by atoms with Gasteiger partial charge in [-0.25, -0.2) is 13.1 Å². The van der Waals surface area contributed by atoms with Crippen molar-refractivity contribution in [1.29, 1.82) is 0 Å². The molecule has 0 saturated heterocycles. The summed E-state index contributed by atoms with van der Waals surface area (Å²) in [6, 6.07) is 11.8. The number of nitrogens with one attached hydrogen (secondary N) is 1. The minimum Gasteiger partial charge on any atom is -0.211 e. The highest BCUT2D eigenvalue weighted by atomic mass is 32.2. The van der Waals surface area contributed by atoms with Crippen LogP contribution in [0.15, 0.2) is 47.9 Å². The lowest BCUT2D eigenvalue weighted by molar-refractivity contribution is 0.580. The molecule has 0 aliphatic heterocycles. The average molecular weight is 343 g/mol. The Hall–Kier alpha value is -1.91. The van der Waals surface area contributed by atoms with Crippen molar-refractivity contribution in [2.45, 2.75) is 39.0 Å². The minimum absolute atomic E-state index is 0.360. The first kappa shape index (κ1) is 18.4. The van der Waals surface area contributed by atoms with Gasteiger partial charge in [0.1, 0.15) is 0 Å². The molecule has 0 aromatic heterocycles. The number of allylic oxidation sites excluding steroid dienone is 1. The molecule has 2 rings (SSSR count). The summed E-state index contributed by atoms with van der Waals surface area (Å²) in [5, 5.41) is 0. The lowest BCUT2D eigenvalue weighted by Gasteiger charge is -2.14. The zero-order chi connectivity index (χ0) is 17.9. The molecule has 0 unspecified atom stereocenters. The van der Waals surface area contributed by atoms with Gasteiger partial charge in [-0.3, -0.25) is 0 Å². The number of sulfonamides is 1. The van der Waals surface area contributed by atoms with Gasteiger partial charge in [-0.2, -0.15) is 0 Å². The summed E-state index contributed by atoms with van der Waals surface area (Å²) in [6.45, 7) is 12.0. The van der Waals surface area contributed by atoms with Crippen LogP contribution in [0.2, 0.25) is 0 Å². The highest BCUT2D eigenvalue weighted by molar-refractivity contribution is 7.89. The van der Waals surface area contributed by atoms with Crippen LogP contribution in [0.3, 0.4) is 0 Å². The van der Waals surface area contributed by atoms with Crippen LogP contribution in [0.25, 0.3) is 5.57 Å². The fourth-order valence-electron chi connectivity index (χ4n) is 3.14. The highest BCUT2D eigenvalue weighted by Crippen LogP contribution is 2.22. The molecule has 0 spiro atoms. The van der Waals surface area contributed by atoms with Crippen LogP contribution in [0, 0.1) is 20.8 Å². The molecule has 128 valence electrons. The molecule has 0 heterocycles. The fourth-order valence-corrected chi connectivity index (χ4v) is 4.62. The molecule has 3 nitrogen and oxygen atoms in total. The molecule has 4 heteroatoms. The number of benzene rings is 2. The zero-order valence-corrected chi connectivity index (χ0v) is 15.6. The van der Waals surface area contributed by atoms with E-state index >= 15 is 0 Å². The molecule has 0 atom stereocenters. The summed E-state index contributed by atoms with van der Waals surface area (Å²) in [5.74, 6) is 0. The molecule has 0 bridgehead atoms. The second-order valence-corrected chi connectivity index (χ2v) is 8.02. The molecular formula is C20H25NO2S. The van der Waals surface area contributed by atoms with Crippen molar-refractivity contribution in [3.05, 3.63) is 70.8 Å². The summed E-state index contributed by atoms with van der Waals surface area (Å²) >= 11 is 0. The normalized spacial score (nSPS) is 11.5. The zero-order valence-electron chi connectivity index (χ0n) is 14.8. The van der Waals surface area contributed by atoms with Gasteiger partial charge in [0.2, 0.25) is 10.0 Å². The van der Waals surface area contributed by atoms with Crippen LogP contribution in [0.5, 0.6) is 0 Å². The molecule has 0 fully saturated rings. The van der Waals surface area contributed by atoms with Gasteiger partial charge in [0.25, 0.3) is 0 Å². The van der Waals surface area contributed by atoms with E-state index in [-0.39, 0.29) is 0 Å². The van der Waals surface area contributed by atoms with Crippen molar-refractivity contribution in [3.63, 3.8) is 0 Å². The van der Waals surface area contributed by atoms with Gasteiger partial charge in [-0.05, 0) is 56.4 Å². The summed E-state index contributed by atoms with van der Waals surface area (Å²) < 4.78 is 28.1. The van der Waals surface area contributed by atoms with Gasteiger partial charge in [0.15, 0.2) is 0 Å². The largest absolute Gasteiger partial charge is 0.241 e. The lowest BCUT2D eigenvalue weighted by atomic mass is 10.00. The molecule has 0 radical (unpaired) electrons. The lowest BCUT2D eigenvalue weighted by Crippen LogP contribution is -2.27. The van der Waals surface area contributed by atoms with Gasteiger partial charge < -0.3 is 0 Å². The third kappa shape index (κ3) is 4.13. The van der Waals surface area contributed by atoms with Crippen molar-refractivity contribution < 1.29 is 8.42 Å². The number of rotatable bonds is 6. The third-order valence-corrected chi connectivity index (χ3v) is 5.80. The first-order chi connectivity index (χ1) is 11.2. The van der Waals surface area contributed by atoms with E-state index in [0.717, 1.165) is 33.4 Å². The van der Waals surface area contributed by atoms with Crippen molar-refractivity contribution in [1.82, 2.24) is 4.72 Å². The van der Waals surface area contributed by atoms with Crippen molar-refractivity contribution in [2.75, 3.05) is 6.54 Å². The second-order valence-electron chi connectivity index (χ2n) is 6.31. The van der Waals surface area contributed by atoms with Crippen LogP contribution in [-0.2, 0) is 16.4 Å². The quantitative estimate of drug-likeness (QED) is 0.856. The molecule has 1 N–H and O–H groups in total. The maximum absolute atomic E-state index is 12.7. The first-order valence-electron chi connectivity index (χ1n) is 8.03. The Kier molecular flexibility index (Phi) is 5.62. The van der Waals surface area contributed by atoms with E-state index in [9.17, 15) is 8.42 Å². The van der Waals surface area contributed by atoms with E-state index in [1.807, 2.05) is 64.1 Å². The van der Waals surface area contributed by atoms with Gasteiger partial charge in [-0.15, -0.1) is 0 Å². The predicted octanol–water partition coefficient (Wildman–Crippen LogP) is 4.17. The van der Waals surface area contributed by atoms with Crippen molar-refractivity contribution in [2.24, 2.45) is 0 Å². The Bertz CT molecular complexity index is 844. The van der Waals surface area contributed by atoms with E-state index in [1.54, 1.807) is 0 Å². The van der Waals surface area contributed by atoms with E-state index in [4.69, 9.17) is 0 Å². The topological polar surface area (TPSA) is 46.2 Å². The van der Waals surface area contributed by atoms with Crippen LogP contribution >= 0.6 is 0 Å². The average Bonchev–Trinajstić information content (AvgIpc) is 2.45. The molecule has 0 aliphatic carbocycles. The summed E-state index contributed by atoms with van der Waals surface area (Å²) in [4.78, 5) is 0.390.